The third-order valence-electron chi connectivity index (χ3n) is 5.28. The zero-order chi connectivity index (χ0) is 18.2. The predicted octanol–water partition coefficient (Wildman–Crippen LogP) is 4.10. The van der Waals surface area contributed by atoms with Crippen LogP contribution in [0.3, 0.4) is 0 Å². The maximum Gasteiger partial charge on any atom is 0.311 e. The summed E-state index contributed by atoms with van der Waals surface area (Å²) in [7, 11) is 0. The molecule has 25 heavy (non-hydrogen) atoms. The molecule has 1 aliphatic heterocycles. The number of rotatable bonds is 9. The van der Waals surface area contributed by atoms with Gasteiger partial charge in [0.25, 0.3) is 0 Å². The zero-order valence-electron chi connectivity index (χ0n) is 15.7. The van der Waals surface area contributed by atoms with E-state index < -0.39 is 0 Å². The van der Waals surface area contributed by atoms with Gasteiger partial charge in [-0.1, -0.05) is 57.5 Å². The summed E-state index contributed by atoms with van der Waals surface area (Å²) in [5, 5.41) is 10.2. The van der Waals surface area contributed by atoms with Crippen LogP contribution in [0.2, 0.25) is 0 Å². The summed E-state index contributed by atoms with van der Waals surface area (Å²) in [6, 6.07) is 9.73. The lowest BCUT2D eigenvalue weighted by atomic mass is 9.92. The first kappa shape index (κ1) is 19.9. The summed E-state index contributed by atoms with van der Waals surface area (Å²) < 4.78 is 11.7. The van der Waals surface area contributed by atoms with E-state index in [9.17, 15) is 9.90 Å². The van der Waals surface area contributed by atoms with Crippen LogP contribution in [0, 0.1) is 11.8 Å². The fourth-order valence-corrected chi connectivity index (χ4v) is 3.60. The normalized spacial score (nSPS) is 23.8. The van der Waals surface area contributed by atoms with Gasteiger partial charge in [-0.05, 0) is 31.2 Å². The van der Waals surface area contributed by atoms with Crippen molar-refractivity contribution in [3.8, 4) is 0 Å². The molecule has 5 atom stereocenters. The second kappa shape index (κ2) is 9.93. The lowest BCUT2D eigenvalue weighted by molar-refractivity contribution is -0.156. The Hall–Kier alpha value is -1.39. The molecule has 4 heteroatoms. The van der Waals surface area contributed by atoms with E-state index in [1.54, 1.807) is 0 Å². The maximum atomic E-state index is 12.5. The Balaban J connectivity index is 1.87. The molecule has 0 bridgehead atoms. The Bertz CT molecular complexity index is 516. The minimum atomic E-state index is -0.334. The van der Waals surface area contributed by atoms with Gasteiger partial charge in [0.2, 0.25) is 0 Å². The number of ether oxygens (including phenoxy) is 2. The Labute approximate surface area is 151 Å². The van der Waals surface area contributed by atoms with E-state index in [-0.39, 0.29) is 36.1 Å². The van der Waals surface area contributed by atoms with E-state index in [1.165, 1.54) is 0 Å². The van der Waals surface area contributed by atoms with Crippen molar-refractivity contribution in [1.82, 2.24) is 0 Å². The number of esters is 1. The molecule has 1 aromatic rings. The highest BCUT2D eigenvalue weighted by Crippen LogP contribution is 2.33. The molecular weight excluding hydrogens is 316 g/mol. The maximum absolute atomic E-state index is 12.5. The quantitative estimate of drug-likeness (QED) is 0.683. The second-order valence-corrected chi connectivity index (χ2v) is 7.11. The molecule has 0 unspecified atom stereocenters. The van der Waals surface area contributed by atoms with Gasteiger partial charge in [0.05, 0.1) is 24.2 Å². The van der Waals surface area contributed by atoms with Crippen LogP contribution in [0.25, 0.3) is 0 Å². The third-order valence-corrected chi connectivity index (χ3v) is 5.28. The lowest BCUT2D eigenvalue weighted by Crippen LogP contribution is -2.33. The van der Waals surface area contributed by atoms with Crippen LogP contribution in [0.1, 0.15) is 58.4 Å². The average Bonchev–Trinajstić information content (AvgIpc) is 3.10. The zero-order valence-corrected chi connectivity index (χ0v) is 15.7. The molecule has 0 aliphatic carbocycles. The van der Waals surface area contributed by atoms with Gasteiger partial charge in [0.15, 0.2) is 0 Å². The van der Waals surface area contributed by atoms with Gasteiger partial charge in [-0.2, -0.15) is 0 Å². The number of aliphatic hydroxyl groups is 1. The Kier molecular flexibility index (Phi) is 7.91. The summed E-state index contributed by atoms with van der Waals surface area (Å²) in [4.78, 5) is 12.5. The number of carbonyl (C=O) groups is 1. The second-order valence-electron chi connectivity index (χ2n) is 7.11. The van der Waals surface area contributed by atoms with Crippen molar-refractivity contribution < 1.29 is 19.4 Å². The molecule has 0 spiro atoms. The van der Waals surface area contributed by atoms with Gasteiger partial charge in [-0.25, -0.2) is 0 Å². The molecule has 1 heterocycles. The van der Waals surface area contributed by atoms with E-state index in [0.29, 0.717) is 13.0 Å². The average molecular weight is 348 g/mol. The van der Waals surface area contributed by atoms with Crippen molar-refractivity contribution in [3.63, 3.8) is 0 Å². The molecule has 1 aromatic carbocycles. The minimum absolute atomic E-state index is 0.0301. The monoisotopic (exact) mass is 348 g/mol. The molecule has 4 nitrogen and oxygen atoms in total. The van der Waals surface area contributed by atoms with Crippen LogP contribution < -0.4 is 0 Å². The topological polar surface area (TPSA) is 55.8 Å². The summed E-state index contributed by atoms with van der Waals surface area (Å²) in [6.07, 6.45) is 3.81. The molecule has 1 aliphatic rings. The first-order chi connectivity index (χ1) is 12.1. The first-order valence-electron chi connectivity index (χ1n) is 9.60. The molecule has 140 valence electrons. The molecule has 2 rings (SSSR count). The highest BCUT2D eigenvalue weighted by molar-refractivity contribution is 5.73. The Morgan fingerprint density at radius 2 is 1.92 bits per heavy atom. The minimum Gasteiger partial charge on any atom is -0.461 e. The molecule has 0 amide bonds. The van der Waals surface area contributed by atoms with Gasteiger partial charge >= 0.3 is 5.97 Å². The van der Waals surface area contributed by atoms with Crippen LogP contribution in [-0.2, 0) is 20.9 Å². The fourth-order valence-electron chi connectivity index (χ4n) is 3.60. The SMILES string of the molecule is CCC[C@H](O)[C@H](C)[C@@H]1CC[C@H]([C@H](CC)C(=O)OCc2ccccc2)O1. The van der Waals surface area contributed by atoms with E-state index in [1.807, 2.05) is 44.2 Å². The summed E-state index contributed by atoms with van der Waals surface area (Å²) >= 11 is 0. The highest BCUT2D eigenvalue weighted by Gasteiger charge is 2.38. The van der Waals surface area contributed by atoms with Crippen LogP contribution in [0.5, 0.6) is 0 Å². The van der Waals surface area contributed by atoms with E-state index in [0.717, 1.165) is 31.2 Å². The van der Waals surface area contributed by atoms with E-state index >= 15 is 0 Å². The number of benzene rings is 1. The largest absolute Gasteiger partial charge is 0.461 e. The summed E-state index contributed by atoms with van der Waals surface area (Å²) in [6.45, 7) is 6.42. The van der Waals surface area contributed by atoms with Gasteiger partial charge in [0.1, 0.15) is 6.61 Å². The Morgan fingerprint density at radius 1 is 1.24 bits per heavy atom. The number of carbonyl (C=O) groups excluding carboxylic acids is 1. The van der Waals surface area contributed by atoms with Crippen LogP contribution in [-0.4, -0.2) is 29.4 Å². The van der Waals surface area contributed by atoms with E-state index in [2.05, 4.69) is 6.92 Å². The van der Waals surface area contributed by atoms with Crippen molar-refractivity contribution in [2.24, 2.45) is 11.8 Å². The Morgan fingerprint density at radius 3 is 2.56 bits per heavy atom. The van der Waals surface area contributed by atoms with Crippen molar-refractivity contribution in [2.45, 2.75) is 77.8 Å². The van der Waals surface area contributed by atoms with Crippen LogP contribution in [0.4, 0.5) is 0 Å². The van der Waals surface area contributed by atoms with E-state index in [4.69, 9.17) is 9.47 Å². The highest BCUT2D eigenvalue weighted by atomic mass is 16.5. The third kappa shape index (κ3) is 5.55. The van der Waals surface area contributed by atoms with Gasteiger partial charge in [-0.15, -0.1) is 0 Å². The number of hydrogen-bond acceptors (Lipinski definition) is 4. The molecule has 0 saturated carbocycles. The van der Waals surface area contributed by atoms with Crippen LogP contribution in [0.15, 0.2) is 30.3 Å². The molecule has 1 N–H and O–H groups in total. The molecule has 1 saturated heterocycles. The molecule has 1 fully saturated rings. The molecule has 0 aromatic heterocycles. The summed E-state index contributed by atoms with van der Waals surface area (Å²) in [5.41, 5.74) is 0.993. The molecule has 0 radical (unpaired) electrons. The standard InChI is InChI=1S/C21H32O4/c1-4-9-18(22)15(3)19-12-13-20(25-19)17(5-2)21(23)24-14-16-10-7-6-8-11-16/h6-8,10-11,15,17-20,22H,4-5,9,12-14H2,1-3H3/t15-,17-,18-,19-,20+/m0/s1. The first-order valence-corrected chi connectivity index (χ1v) is 9.60. The summed E-state index contributed by atoms with van der Waals surface area (Å²) in [5.74, 6) is -0.314. The number of aliphatic hydroxyl groups excluding tert-OH is 1. The fraction of sp³-hybridized carbons (Fsp3) is 0.667. The van der Waals surface area contributed by atoms with Crippen molar-refractivity contribution >= 4 is 5.97 Å². The van der Waals surface area contributed by atoms with Crippen LogP contribution >= 0.6 is 0 Å². The van der Waals surface area contributed by atoms with Crippen molar-refractivity contribution in [2.75, 3.05) is 0 Å². The molecular formula is C21H32O4. The number of hydrogen-bond donors (Lipinski definition) is 1. The van der Waals surface area contributed by atoms with Gasteiger partial charge in [-0.3, -0.25) is 4.79 Å². The van der Waals surface area contributed by atoms with Crippen molar-refractivity contribution in [1.29, 1.82) is 0 Å². The predicted molar refractivity (Wildman–Crippen MR) is 98.0 cm³/mol. The van der Waals surface area contributed by atoms with Gasteiger partial charge < -0.3 is 14.6 Å². The van der Waals surface area contributed by atoms with Crippen molar-refractivity contribution in [3.05, 3.63) is 35.9 Å². The van der Waals surface area contributed by atoms with Gasteiger partial charge in [0, 0.05) is 5.92 Å². The lowest BCUT2D eigenvalue weighted by Gasteiger charge is -2.26. The smallest absolute Gasteiger partial charge is 0.311 e.